The van der Waals surface area contributed by atoms with Gasteiger partial charge < -0.3 is 4.74 Å². The van der Waals surface area contributed by atoms with Gasteiger partial charge in [0.2, 0.25) is 0 Å². The van der Waals surface area contributed by atoms with Crippen molar-refractivity contribution in [2.24, 2.45) is 5.10 Å². The zero-order chi connectivity index (χ0) is 18.2. The van der Waals surface area contributed by atoms with Gasteiger partial charge in [0, 0.05) is 30.6 Å². The van der Waals surface area contributed by atoms with Crippen molar-refractivity contribution in [2.45, 2.75) is 19.8 Å². The minimum absolute atomic E-state index is 0.329. The molecule has 1 N–H and O–H groups in total. The van der Waals surface area contributed by atoms with Crippen LogP contribution in [0, 0.1) is 5.82 Å². The lowest BCUT2D eigenvalue weighted by molar-refractivity contribution is 0.328. The zero-order valence-corrected chi connectivity index (χ0v) is 14.6. The van der Waals surface area contributed by atoms with E-state index in [9.17, 15) is 4.39 Å². The van der Waals surface area contributed by atoms with Crippen LogP contribution in [0.5, 0.6) is 5.75 Å². The summed E-state index contributed by atoms with van der Waals surface area (Å²) >= 11 is 0. The lowest BCUT2D eigenvalue weighted by atomic mass is 10.2. The van der Waals surface area contributed by atoms with Crippen LogP contribution in [-0.4, -0.2) is 22.1 Å². The molecule has 0 aliphatic rings. The number of ether oxygens (including phenoxy) is 1. The van der Waals surface area contributed by atoms with Gasteiger partial charge in [0.15, 0.2) is 0 Å². The predicted molar refractivity (Wildman–Crippen MR) is 101 cm³/mol. The van der Waals surface area contributed by atoms with E-state index < -0.39 is 0 Å². The minimum Gasteiger partial charge on any atom is -0.493 e. The highest BCUT2D eigenvalue weighted by molar-refractivity contribution is 5.85. The first-order valence-corrected chi connectivity index (χ1v) is 8.55. The molecule has 0 radical (unpaired) electrons. The molecular formula is C20H21FN4O. The zero-order valence-electron chi connectivity index (χ0n) is 14.6. The van der Waals surface area contributed by atoms with Crippen LogP contribution in [0.25, 0.3) is 5.69 Å². The van der Waals surface area contributed by atoms with Gasteiger partial charge in [0.1, 0.15) is 11.6 Å². The van der Waals surface area contributed by atoms with Crippen LogP contribution in [0.1, 0.15) is 19.8 Å². The Morgan fingerprint density at radius 2 is 2.04 bits per heavy atom. The molecule has 0 saturated carbocycles. The van der Waals surface area contributed by atoms with E-state index in [1.165, 1.54) is 6.07 Å². The lowest BCUT2D eigenvalue weighted by Gasteiger charge is -2.09. The molecule has 0 aliphatic carbocycles. The van der Waals surface area contributed by atoms with E-state index in [1.54, 1.807) is 35.3 Å². The van der Waals surface area contributed by atoms with Gasteiger partial charge >= 0.3 is 0 Å². The standard InChI is InChI=1S/C20H21FN4O/c1-2-16(11-14-26-18-7-4-3-5-8-18)23-24-20-10-9-17(15-19(20)21)25-13-6-12-22-25/h3-10,12-13,15,24H,2,11,14H2,1H3. The Labute approximate surface area is 152 Å². The normalized spacial score (nSPS) is 11.4. The number of hydrogen-bond acceptors (Lipinski definition) is 4. The minimum atomic E-state index is -0.377. The largest absolute Gasteiger partial charge is 0.493 e. The molecule has 1 heterocycles. The second-order valence-electron chi connectivity index (χ2n) is 5.67. The Hall–Kier alpha value is -3.15. The average molecular weight is 352 g/mol. The molecule has 0 bridgehead atoms. The molecule has 3 aromatic rings. The number of rotatable bonds is 8. The van der Waals surface area contributed by atoms with Gasteiger partial charge in [-0.15, -0.1) is 0 Å². The van der Waals surface area contributed by atoms with Crippen molar-refractivity contribution in [3.05, 3.63) is 72.8 Å². The molecule has 0 amide bonds. The van der Waals surface area contributed by atoms with Crippen molar-refractivity contribution in [2.75, 3.05) is 12.0 Å². The fourth-order valence-corrected chi connectivity index (χ4v) is 2.41. The maximum atomic E-state index is 14.3. The number of aromatic nitrogens is 2. The van der Waals surface area contributed by atoms with Gasteiger partial charge in [0.25, 0.3) is 0 Å². The Morgan fingerprint density at radius 3 is 2.73 bits per heavy atom. The van der Waals surface area contributed by atoms with Crippen molar-refractivity contribution >= 4 is 11.4 Å². The summed E-state index contributed by atoms with van der Waals surface area (Å²) in [6.45, 7) is 2.54. The summed E-state index contributed by atoms with van der Waals surface area (Å²) in [7, 11) is 0. The van der Waals surface area contributed by atoms with E-state index in [0.29, 0.717) is 24.4 Å². The topological polar surface area (TPSA) is 51.4 Å². The highest BCUT2D eigenvalue weighted by Crippen LogP contribution is 2.18. The smallest absolute Gasteiger partial charge is 0.150 e. The molecule has 1 aromatic heterocycles. The number of hydrogen-bond donors (Lipinski definition) is 1. The molecule has 0 atom stereocenters. The van der Waals surface area contributed by atoms with Crippen LogP contribution in [0.3, 0.4) is 0 Å². The Balaban J connectivity index is 1.58. The van der Waals surface area contributed by atoms with Crippen molar-refractivity contribution in [1.29, 1.82) is 0 Å². The van der Waals surface area contributed by atoms with E-state index in [4.69, 9.17) is 4.74 Å². The summed E-state index contributed by atoms with van der Waals surface area (Å²) in [6.07, 6.45) is 4.85. The summed E-state index contributed by atoms with van der Waals surface area (Å²) in [5.41, 5.74) is 4.72. The molecule has 2 aromatic carbocycles. The second kappa shape index (κ2) is 8.80. The van der Waals surface area contributed by atoms with Gasteiger partial charge in [0.05, 0.1) is 18.0 Å². The molecule has 0 spiro atoms. The first kappa shape index (κ1) is 17.7. The molecule has 0 unspecified atom stereocenters. The van der Waals surface area contributed by atoms with Gasteiger partial charge in [-0.05, 0) is 36.8 Å². The number of benzene rings is 2. The van der Waals surface area contributed by atoms with E-state index in [2.05, 4.69) is 15.6 Å². The summed E-state index contributed by atoms with van der Waals surface area (Å²) in [6, 6.07) is 16.3. The third-order valence-corrected chi connectivity index (χ3v) is 3.87. The summed E-state index contributed by atoms with van der Waals surface area (Å²) in [5, 5.41) is 8.41. The van der Waals surface area contributed by atoms with Gasteiger partial charge in [-0.3, -0.25) is 5.43 Å². The monoisotopic (exact) mass is 352 g/mol. The van der Waals surface area contributed by atoms with Crippen LogP contribution < -0.4 is 10.2 Å². The fraction of sp³-hybridized carbons (Fsp3) is 0.200. The molecular weight excluding hydrogens is 331 g/mol. The predicted octanol–water partition coefficient (Wildman–Crippen LogP) is 4.66. The van der Waals surface area contributed by atoms with Crippen molar-refractivity contribution < 1.29 is 9.13 Å². The van der Waals surface area contributed by atoms with Gasteiger partial charge in [-0.25, -0.2) is 9.07 Å². The van der Waals surface area contributed by atoms with E-state index in [1.807, 2.05) is 37.3 Å². The van der Waals surface area contributed by atoms with E-state index in [0.717, 1.165) is 17.9 Å². The van der Waals surface area contributed by atoms with Crippen LogP contribution in [0.15, 0.2) is 72.1 Å². The molecule has 26 heavy (non-hydrogen) atoms. The fourth-order valence-electron chi connectivity index (χ4n) is 2.41. The van der Waals surface area contributed by atoms with Crippen molar-refractivity contribution in [1.82, 2.24) is 9.78 Å². The third-order valence-electron chi connectivity index (χ3n) is 3.87. The summed E-state index contributed by atoms with van der Waals surface area (Å²) in [4.78, 5) is 0. The number of para-hydroxylation sites is 1. The molecule has 0 saturated heterocycles. The van der Waals surface area contributed by atoms with Crippen LogP contribution in [0.4, 0.5) is 10.1 Å². The first-order chi connectivity index (χ1) is 12.8. The number of nitrogens with zero attached hydrogens (tertiary/aromatic N) is 3. The SMILES string of the molecule is CCC(CCOc1ccccc1)=NNc1ccc(-n2cccn2)cc1F. The third kappa shape index (κ3) is 4.69. The maximum absolute atomic E-state index is 14.3. The van der Waals surface area contributed by atoms with Crippen LogP contribution in [0.2, 0.25) is 0 Å². The molecule has 134 valence electrons. The first-order valence-electron chi connectivity index (χ1n) is 8.55. The maximum Gasteiger partial charge on any atom is 0.150 e. The van der Waals surface area contributed by atoms with Crippen molar-refractivity contribution in [3.63, 3.8) is 0 Å². The summed E-state index contributed by atoms with van der Waals surface area (Å²) < 4.78 is 21.6. The summed E-state index contributed by atoms with van der Waals surface area (Å²) in [5.74, 6) is 0.453. The Bertz CT molecular complexity index is 848. The number of nitrogens with one attached hydrogen (secondary N) is 1. The highest BCUT2D eigenvalue weighted by atomic mass is 19.1. The highest BCUT2D eigenvalue weighted by Gasteiger charge is 2.05. The van der Waals surface area contributed by atoms with E-state index >= 15 is 0 Å². The number of hydrazone groups is 1. The van der Waals surface area contributed by atoms with Crippen molar-refractivity contribution in [3.8, 4) is 11.4 Å². The number of anilines is 1. The Kier molecular flexibility index (Phi) is 5.98. The van der Waals surface area contributed by atoms with Gasteiger partial charge in [-0.1, -0.05) is 25.1 Å². The number of halogens is 1. The van der Waals surface area contributed by atoms with Crippen LogP contribution in [-0.2, 0) is 0 Å². The molecule has 5 nitrogen and oxygen atoms in total. The second-order valence-corrected chi connectivity index (χ2v) is 5.67. The van der Waals surface area contributed by atoms with Gasteiger partial charge in [-0.2, -0.15) is 10.2 Å². The molecule has 0 fully saturated rings. The van der Waals surface area contributed by atoms with E-state index in [-0.39, 0.29) is 5.82 Å². The molecule has 0 aliphatic heterocycles. The molecule has 6 heteroatoms. The lowest BCUT2D eigenvalue weighted by Crippen LogP contribution is -2.08. The quantitative estimate of drug-likeness (QED) is 0.474. The average Bonchev–Trinajstić information content (AvgIpc) is 3.21. The molecule has 3 rings (SSSR count). The van der Waals surface area contributed by atoms with Crippen LogP contribution >= 0.6 is 0 Å². The Morgan fingerprint density at radius 1 is 1.19 bits per heavy atom.